The molecule has 7 heteroatoms. The Labute approximate surface area is 156 Å². The highest BCUT2D eigenvalue weighted by Gasteiger charge is 2.17. The standard InChI is InChI=1S/C19H21FN2O3S/c1-3-25-17-7-5-4-6-16(17)22-19(24)13(2)26-12-18(23)21-15-10-8-14(20)9-11-15/h4-11,13H,3,12H2,1-2H3,(H,21,23)(H,22,24)/t13-/m0/s1. The fraction of sp³-hybridized carbons (Fsp3) is 0.263. The fourth-order valence-electron chi connectivity index (χ4n) is 2.09. The van der Waals surface area contributed by atoms with E-state index >= 15 is 0 Å². The summed E-state index contributed by atoms with van der Waals surface area (Å²) >= 11 is 1.21. The summed E-state index contributed by atoms with van der Waals surface area (Å²) in [4.78, 5) is 24.3. The average Bonchev–Trinajstić information content (AvgIpc) is 2.63. The number of hydrogen-bond donors (Lipinski definition) is 2. The number of para-hydroxylation sites is 2. The van der Waals surface area contributed by atoms with Crippen molar-refractivity contribution >= 4 is 35.0 Å². The van der Waals surface area contributed by atoms with Crippen molar-refractivity contribution in [1.82, 2.24) is 0 Å². The van der Waals surface area contributed by atoms with Gasteiger partial charge in [0.15, 0.2) is 0 Å². The Morgan fingerprint density at radius 3 is 2.50 bits per heavy atom. The second-order valence-corrected chi connectivity index (χ2v) is 6.76. The number of carbonyl (C=O) groups excluding carboxylic acids is 2. The van der Waals surface area contributed by atoms with Crippen LogP contribution in [0.5, 0.6) is 5.75 Å². The van der Waals surface area contributed by atoms with Crippen molar-refractivity contribution < 1.29 is 18.7 Å². The minimum absolute atomic E-state index is 0.110. The fourth-order valence-corrected chi connectivity index (χ4v) is 2.78. The van der Waals surface area contributed by atoms with E-state index in [1.165, 1.54) is 36.0 Å². The number of benzene rings is 2. The lowest BCUT2D eigenvalue weighted by molar-refractivity contribution is -0.115. The van der Waals surface area contributed by atoms with E-state index in [0.29, 0.717) is 23.7 Å². The Kier molecular flexibility index (Phi) is 7.47. The number of rotatable bonds is 8. The maximum Gasteiger partial charge on any atom is 0.237 e. The third-order valence-corrected chi connectivity index (χ3v) is 4.55. The predicted molar refractivity (Wildman–Crippen MR) is 103 cm³/mol. The molecular weight excluding hydrogens is 355 g/mol. The minimum Gasteiger partial charge on any atom is -0.492 e. The van der Waals surface area contributed by atoms with Gasteiger partial charge in [-0.15, -0.1) is 11.8 Å². The van der Waals surface area contributed by atoms with Crippen molar-refractivity contribution in [2.24, 2.45) is 0 Å². The van der Waals surface area contributed by atoms with Gasteiger partial charge in [0.2, 0.25) is 11.8 Å². The summed E-state index contributed by atoms with van der Waals surface area (Å²) in [6.07, 6.45) is 0. The van der Waals surface area contributed by atoms with Crippen LogP contribution in [-0.2, 0) is 9.59 Å². The first kappa shape index (κ1) is 19.8. The molecule has 2 aromatic rings. The minimum atomic E-state index is -0.427. The Hall–Kier alpha value is -2.54. The molecule has 0 aliphatic carbocycles. The van der Waals surface area contributed by atoms with E-state index in [1.54, 1.807) is 19.1 Å². The van der Waals surface area contributed by atoms with E-state index in [2.05, 4.69) is 10.6 Å². The Morgan fingerprint density at radius 2 is 1.81 bits per heavy atom. The zero-order valence-electron chi connectivity index (χ0n) is 14.6. The molecular formula is C19H21FN2O3S. The molecule has 0 radical (unpaired) electrons. The highest BCUT2D eigenvalue weighted by Crippen LogP contribution is 2.25. The van der Waals surface area contributed by atoms with Gasteiger partial charge in [-0.25, -0.2) is 4.39 Å². The maximum absolute atomic E-state index is 12.9. The molecule has 0 saturated heterocycles. The maximum atomic E-state index is 12.9. The van der Waals surface area contributed by atoms with Crippen LogP contribution in [0, 0.1) is 5.82 Å². The van der Waals surface area contributed by atoms with Gasteiger partial charge in [-0.3, -0.25) is 9.59 Å². The summed E-state index contributed by atoms with van der Waals surface area (Å²) in [6.45, 7) is 4.10. The van der Waals surface area contributed by atoms with Crippen molar-refractivity contribution in [2.45, 2.75) is 19.1 Å². The molecule has 0 aromatic heterocycles. The summed E-state index contributed by atoms with van der Waals surface area (Å²) in [5, 5.41) is 5.05. The topological polar surface area (TPSA) is 67.4 Å². The van der Waals surface area contributed by atoms with Gasteiger partial charge in [-0.05, 0) is 50.2 Å². The van der Waals surface area contributed by atoms with Gasteiger partial charge >= 0.3 is 0 Å². The van der Waals surface area contributed by atoms with Crippen molar-refractivity contribution in [1.29, 1.82) is 0 Å². The van der Waals surface area contributed by atoms with Crippen LogP contribution in [0.15, 0.2) is 48.5 Å². The Morgan fingerprint density at radius 1 is 1.12 bits per heavy atom. The number of halogens is 1. The molecule has 0 fully saturated rings. The van der Waals surface area contributed by atoms with Crippen molar-refractivity contribution in [3.63, 3.8) is 0 Å². The summed E-state index contributed by atoms with van der Waals surface area (Å²) in [7, 11) is 0. The number of amides is 2. The lowest BCUT2D eigenvalue weighted by Gasteiger charge is -2.14. The molecule has 2 amide bonds. The molecule has 0 unspecified atom stereocenters. The van der Waals surface area contributed by atoms with E-state index in [-0.39, 0.29) is 23.4 Å². The largest absolute Gasteiger partial charge is 0.492 e. The molecule has 0 aliphatic rings. The van der Waals surface area contributed by atoms with Gasteiger partial charge in [0.25, 0.3) is 0 Å². The van der Waals surface area contributed by atoms with E-state index < -0.39 is 5.25 Å². The molecule has 0 bridgehead atoms. The third kappa shape index (κ3) is 6.07. The summed E-state index contributed by atoms with van der Waals surface area (Å²) < 4.78 is 18.3. The number of hydrogen-bond acceptors (Lipinski definition) is 4. The van der Waals surface area contributed by atoms with E-state index in [0.717, 1.165) is 0 Å². The lowest BCUT2D eigenvalue weighted by Crippen LogP contribution is -2.25. The number of ether oxygens (including phenoxy) is 1. The number of carbonyl (C=O) groups is 2. The molecule has 2 aromatic carbocycles. The Bertz CT molecular complexity index is 753. The first-order valence-electron chi connectivity index (χ1n) is 8.19. The first-order valence-corrected chi connectivity index (χ1v) is 9.24. The van der Waals surface area contributed by atoms with Gasteiger partial charge in [0.1, 0.15) is 11.6 Å². The SMILES string of the molecule is CCOc1ccccc1NC(=O)[C@H](C)SCC(=O)Nc1ccc(F)cc1. The second-order valence-electron chi connectivity index (χ2n) is 5.43. The van der Waals surface area contributed by atoms with Crippen LogP contribution in [0.25, 0.3) is 0 Å². The van der Waals surface area contributed by atoms with Crippen molar-refractivity contribution in [3.05, 3.63) is 54.3 Å². The van der Waals surface area contributed by atoms with Crippen LogP contribution in [-0.4, -0.2) is 29.4 Å². The molecule has 2 rings (SSSR count). The number of nitrogens with one attached hydrogen (secondary N) is 2. The van der Waals surface area contributed by atoms with Gasteiger partial charge in [0, 0.05) is 5.69 Å². The average molecular weight is 376 g/mol. The molecule has 26 heavy (non-hydrogen) atoms. The molecule has 5 nitrogen and oxygen atoms in total. The van der Waals surface area contributed by atoms with Crippen LogP contribution < -0.4 is 15.4 Å². The van der Waals surface area contributed by atoms with Crippen LogP contribution in [0.2, 0.25) is 0 Å². The van der Waals surface area contributed by atoms with E-state index in [1.807, 2.05) is 19.1 Å². The first-order chi connectivity index (χ1) is 12.5. The zero-order chi connectivity index (χ0) is 18.9. The third-order valence-electron chi connectivity index (χ3n) is 3.41. The highest BCUT2D eigenvalue weighted by atomic mass is 32.2. The van der Waals surface area contributed by atoms with Crippen LogP contribution in [0.1, 0.15) is 13.8 Å². The smallest absolute Gasteiger partial charge is 0.237 e. The molecule has 0 heterocycles. The van der Waals surface area contributed by atoms with Crippen molar-refractivity contribution in [2.75, 3.05) is 23.0 Å². The zero-order valence-corrected chi connectivity index (χ0v) is 15.4. The number of anilines is 2. The highest BCUT2D eigenvalue weighted by molar-refractivity contribution is 8.01. The van der Waals surface area contributed by atoms with Gasteiger partial charge in [-0.2, -0.15) is 0 Å². The normalized spacial score (nSPS) is 11.5. The second kappa shape index (κ2) is 9.82. The van der Waals surface area contributed by atoms with Gasteiger partial charge < -0.3 is 15.4 Å². The van der Waals surface area contributed by atoms with Crippen LogP contribution >= 0.6 is 11.8 Å². The molecule has 0 saturated carbocycles. The van der Waals surface area contributed by atoms with Crippen LogP contribution in [0.3, 0.4) is 0 Å². The molecule has 0 spiro atoms. The predicted octanol–water partition coefficient (Wildman–Crippen LogP) is 3.92. The van der Waals surface area contributed by atoms with Gasteiger partial charge in [-0.1, -0.05) is 12.1 Å². The summed E-state index contributed by atoms with van der Waals surface area (Å²) in [6, 6.07) is 12.7. The van der Waals surface area contributed by atoms with Crippen molar-refractivity contribution in [3.8, 4) is 5.75 Å². The summed E-state index contributed by atoms with van der Waals surface area (Å²) in [5.74, 6) is -0.115. The molecule has 138 valence electrons. The van der Waals surface area contributed by atoms with Crippen LogP contribution in [0.4, 0.5) is 15.8 Å². The van der Waals surface area contributed by atoms with E-state index in [9.17, 15) is 14.0 Å². The summed E-state index contributed by atoms with van der Waals surface area (Å²) in [5.41, 5.74) is 1.11. The quantitative estimate of drug-likeness (QED) is 0.733. The van der Waals surface area contributed by atoms with Gasteiger partial charge in [0.05, 0.1) is 23.3 Å². The molecule has 0 aliphatic heterocycles. The number of thioether (sulfide) groups is 1. The molecule has 1 atom stereocenters. The van der Waals surface area contributed by atoms with E-state index in [4.69, 9.17) is 4.74 Å². The Balaban J connectivity index is 1.83. The monoisotopic (exact) mass is 376 g/mol. The lowest BCUT2D eigenvalue weighted by atomic mass is 10.3. The molecule has 2 N–H and O–H groups in total.